The molecule has 272 valence electrons. The number of unbranched alkanes of at least 4 members (excludes halogenated alkanes) is 1. The van der Waals surface area contributed by atoms with Crippen LogP contribution in [0.25, 0.3) is 0 Å². The number of hydrogen-bond acceptors (Lipinski definition) is 7. The molecule has 3 aliphatic rings. The van der Waals surface area contributed by atoms with Gasteiger partial charge in [-0.15, -0.1) is 6.58 Å². The van der Waals surface area contributed by atoms with E-state index in [-0.39, 0.29) is 30.2 Å². The molecule has 0 radical (unpaired) electrons. The zero-order valence-corrected chi connectivity index (χ0v) is 30.5. The summed E-state index contributed by atoms with van der Waals surface area (Å²) in [4.78, 5) is 80.3. The maximum absolute atomic E-state index is 14.2. The van der Waals surface area contributed by atoms with Crippen LogP contribution >= 0.6 is 0 Å². The predicted octanol–water partition coefficient (Wildman–Crippen LogP) is 4.02. The molecule has 0 aromatic carbocycles. The monoisotopic (exact) mass is 675 g/mol. The normalized spacial score (nSPS) is 22.1. The van der Waals surface area contributed by atoms with Crippen LogP contribution in [0.15, 0.2) is 12.7 Å². The molecular formula is C36H61N5O7. The summed E-state index contributed by atoms with van der Waals surface area (Å²) in [7, 11) is 0. The van der Waals surface area contributed by atoms with E-state index in [0.717, 1.165) is 50.9 Å². The van der Waals surface area contributed by atoms with Gasteiger partial charge in [0.05, 0.1) is 6.04 Å². The maximum Gasteiger partial charge on any atom is 0.328 e. The van der Waals surface area contributed by atoms with Gasteiger partial charge in [-0.25, -0.2) is 9.59 Å². The van der Waals surface area contributed by atoms with E-state index >= 15 is 0 Å². The van der Waals surface area contributed by atoms with E-state index in [1.54, 1.807) is 25.7 Å². The third kappa shape index (κ3) is 12.9. The van der Waals surface area contributed by atoms with E-state index in [1.807, 2.05) is 6.92 Å². The van der Waals surface area contributed by atoms with E-state index in [2.05, 4.69) is 48.6 Å². The Kier molecular flexibility index (Phi) is 16.1. The van der Waals surface area contributed by atoms with Crippen LogP contribution in [-0.4, -0.2) is 83.3 Å². The Hall–Kier alpha value is -3.44. The zero-order valence-electron chi connectivity index (χ0n) is 30.5. The smallest absolute Gasteiger partial charge is 0.328 e. The molecule has 0 aromatic rings. The minimum atomic E-state index is -1.01. The number of carbonyl (C=O) groups excluding carboxylic acids is 6. The Morgan fingerprint density at radius 2 is 1.58 bits per heavy atom. The van der Waals surface area contributed by atoms with Crippen LogP contribution in [0.5, 0.6) is 0 Å². The number of likely N-dealkylation sites (tertiary alicyclic amines) is 1. The number of Topliss-reactive ketones (excluding diaryl/α,β-unsaturated/α-hetero) is 1. The largest absolute Gasteiger partial charge is 0.458 e. The number of amides is 5. The van der Waals surface area contributed by atoms with Crippen LogP contribution < -0.4 is 21.3 Å². The average molecular weight is 676 g/mol. The molecule has 3 rings (SSSR count). The number of esters is 1. The molecule has 0 spiro atoms. The molecule has 1 aliphatic heterocycles. The first-order valence-electron chi connectivity index (χ1n) is 17.8. The van der Waals surface area contributed by atoms with Crippen LogP contribution in [0.3, 0.4) is 0 Å². The number of ether oxygens (including phenoxy) is 1. The lowest BCUT2D eigenvalue weighted by molar-refractivity contribution is -0.156. The highest BCUT2D eigenvalue weighted by atomic mass is 16.6. The second-order valence-electron chi connectivity index (χ2n) is 15.1. The predicted molar refractivity (Wildman–Crippen MR) is 185 cm³/mol. The third-order valence-electron chi connectivity index (χ3n) is 8.59. The van der Waals surface area contributed by atoms with Gasteiger partial charge in [-0.1, -0.05) is 65.9 Å². The summed E-state index contributed by atoms with van der Waals surface area (Å²) in [6.07, 6.45) is 8.38. The van der Waals surface area contributed by atoms with Crippen molar-refractivity contribution in [3.8, 4) is 0 Å². The Labute approximate surface area is 287 Å². The molecular weight excluding hydrogens is 614 g/mol. The van der Waals surface area contributed by atoms with E-state index in [0.29, 0.717) is 19.4 Å². The van der Waals surface area contributed by atoms with Gasteiger partial charge in [-0.2, -0.15) is 0 Å². The summed E-state index contributed by atoms with van der Waals surface area (Å²) < 4.78 is 5.36. The highest BCUT2D eigenvalue weighted by Crippen LogP contribution is 2.50. The van der Waals surface area contributed by atoms with Crippen molar-refractivity contribution in [2.24, 2.45) is 23.7 Å². The lowest BCUT2D eigenvalue weighted by atomic mass is 9.83. The Balaban J connectivity index is 0.00000189. The van der Waals surface area contributed by atoms with Gasteiger partial charge >= 0.3 is 12.0 Å². The molecule has 0 aromatic heterocycles. The minimum absolute atomic E-state index is 0.0384. The standard InChI is InChI=1S/C32H51N5O7.C4H10/c1-7-9-15-23(26(38)28(40)33-16-8-2)35-27(39)25-22-17-21(22)18-37(25)29(41)24(20-13-11-10-12-14-20)36-31(43)34-19(3)30(42)44-32(4,5)6;1-4(2)3/h8,19-25H,2,7,9-18H2,1,3-6H3,(H,33,40)(H,35,39)(H2,34,36,43);4H,1-3H3/t19?,21-,22-,23?,24?,25?;/m0./s1. The molecule has 1 saturated heterocycles. The summed E-state index contributed by atoms with van der Waals surface area (Å²) >= 11 is 0. The summed E-state index contributed by atoms with van der Waals surface area (Å²) in [5.74, 6) is -2.06. The maximum atomic E-state index is 14.2. The molecule has 4 N–H and O–H groups in total. The van der Waals surface area contributed by atoms with Crippen molar-refractivity contribution in [2.75, 3.05) is 13.1 Å². The fourth-order valence-electron chi connectivity index (χ4n) is 6.23. The quantitative estimate of drug-likeness (QED) is 0.123. The van der Waals surface area contributed by atoms with E-state index < -0.39 is 59.4 Å². The van der Waals surface area contributed by atoms with Gasteiger partial charge < -0.3 is 30.9 Å². The third-order valence-corrected chi connectivity index (χ3v) is 8.59. The zero-order chi connectivity index (χ0) is 36.2. The fraction of sp³-hybridized carbons (Fsp3) is 0.778. The van der Waals surface area contributed by atoms with Gasteiger partial charge in [0.25, 0.3) is 5.91 Å². The van der Waals surface area contributed by atoms with Crippen molar-refractivity contribution in [3.05, 3.63) is 12.7 Å². The minimum Gasteiger partial charge on any atom is -0.458 e. The SMILES string of the molecule is C=CCNC(=O)C(=O)C(CCCC)NC(=O)C1[C@H]2C[C@H]2CN1C(=O)C(NC(=O)NC(C)C(=O)OC(C)(C)C)C1CCCCC1.CC(C)C. The molecule has 12 nitrogen and oxygen atoms in total. The van der Waals surface area contributed by atoms with Crippen LogP contribution in [-0.2, 0) is 28.7 Å². The summed E-state index contributed by atoms with van der Waals surface area (Å²) in [5.41, 5.74) is -0.716. The number of urea groups is 1. The first-order chi connectivity index (χ1) is 22.5. The topological polar surface area (TPSA) is 163 Å². The molecule has 2 aliphatic carbocycles. The van der Waals surface area contributed by atoms with Crippen LogP contribution in [0.1, 0.15) is 113 Å². The number of carbonyl (C=O) groups is 6. The van der Waals surface area contributed by atoms with Crippen molar-refractivity contribution in [3.63, 3.8) is 0 Å². The first-order valence-corrected chi connectivity index (χ1v) is 17.8. The van der Waals surface area contributed by atoms with Crippen molar-refractivity contribution in [1.29, 1.82) is 0 Å². The van der Waals surface area contributed by atoms with Gasteiger partial charge in [-0.3, -0.25) is 19.2 Å². The van der Waals surface area contributed by atoms with Gasteiger partial charge in [0.15, 0.2) is 0 Å². The Morgan fingerprint density at radius 1 is 0.958 bits per heavy atom. The van der Waals surface area contributed by atoms with Gasteiger partial charge in [0.1, 0.15) is 23.7 Å². The second-order valence-corrected chi connectivity index (χ2v) is 15.1. The molecule has 1 heterocycles. The number of rotatable bonds is 14. The van der Waals surface area contributed by atoms with Gasteiger partial charge in [0.2, 0.25) is 17.6 Å². The highest BCUT2D eigenvalue weighted by Gasteiger charge is 2.58. The molecule has 2 saturated carbocycles. The van der Waals surface area contributed by atoms with Crippen molar-refractivity contribution < 1.29 is 33.5 Å². The number of fused-ring (bicyclic) bond motifs is 1. The van der Waals surface area contributed by atoms with Crippen molar-refractivity contribution in [1.82, 2.24) is 26.2 Å². The number of nitrogens with one attached hydrogen (secondary N) is 4. The van der Waals surface area contributed by atoms with Crippen LogP contribution in [0, 0.1) is 23.7 Å². The van der Waals surface area contributed by atoms with Crippen molar-refractivity contribution >= 4 is 35.5 Å². The van der Waals surface area contributed by atoms with Gasteiger partial charge in [-0.05, 0) is 77.0 Å². The van der Waals surface area contributed by atoms with Crippen molar-refractivity contribution in [2.45, 2.75) is 143 Å². The molecule has 6 atom stereocenters. The lowest BCUT2D eigenvalue weighted by Crippen LogP contribution is -2.60. The lowest BCUT2D eigenvalue weighted by Gasteiger charge is -2.36. The number of hydrogen-bond donors (Lipinski definition) is 4. The number of ketones is 1. The molecule has 4 unspecified atom stereocenters. The summed E-state index contributed by atoms with van der Waals surface area (Å²) in [6.45, 7) is 19.2. The van der Waals surface area contributed by atoms with E-state index in [4.69, 9.17) is 4.74 Å². The van der Waals surface area contributed by atoms with Crippen LogP contribution in [0.4, 0.5) is 4.79 Å². The molecule has 3 fully saturated rings. The average Bonchev–Trinajstić information content (AvgIpc) is 3.67. The molecule has 5 amide bonds. The summed E-state index contributed by atoms with van der Waals surface area (Å²) in [5, 5.41) is 10.7. The fourth-order valence-corrected chi connectivity index (χ4v) is 6.23. The Bertz CT molecular complexity index is 1140. The summed E-state index contributed by atoms with van der Waals surface area (Å²) in [6, 6.07) is -4.27. The van der Waals surface area contributed by atoms with Crippen LogP contribution in [0.2, 0.25) is 0 Å². The first kappa shape index (κ1) is 40.7. The van der Waals surface area contributed by atoms with E-state index in [1.165, 1.54) is 13.0 Å². The van der Waals surface area contributed by atoms with E-state index in [9.17, 15) is 28.8 Å². The highest BCUT2D eigenvalue weighted by molar-refractivity contribution is 6.38. The second kappa shape index (κ2) is 18.9. The molecule has 12 heteroatoms. The van der Waals surface area contributed by atoms with Gasteiger partial charge in [0, 0.05) is 13.1 Å². The number of piperidine rings is 1. The molecule has 0 bridgehead atoms. The molecule has 48 heavy (non-hydrogen) atoms. The Morgan fingerprint density at radius 3 is 2.15 bits per heavy atom. The number of nitrogens with zero attached hydrogens (tertiary/aromatic N) is 1.